The first-order chi connectivity index (χ1) is 10.00. The van der Waals surface area contributed by atoms with Crippen LogP contribution in [0.1, 0.15) is 18.2 Å². The van der Waals surface area contributed by atoms with Gasteiger partial charge in [0, 0.05) is 17.4 Å². The minimum atomic E-state index is -1.42. The van der Waals surface area contributed by atoms with Crippen molar-refractivity contribution in [2.24, 2.45) is 0 Å². The van der Waals surface area contributed by atoms with E-state index in [2.05, 4.69) is 4.98 Å². The Morgan fingerprint density at radius 2 is 2.14 bits per heavy atom. The average Bonchev–Trinajstić information content (AvgIpc) is 2.86. The van der Waals surface area contributed by atoms with Crippen molar-refractivity contribution in [3.8, 4) is 0 Å². The predicted molar refractivity (Wildman–Crippen MR) is 79.4 cm³/mol. The number of fused-ring (bicyclic) bond motifs is 3. The number of nitrogens with one attached hydrogen (secondary N) is 1. The molecule has 0 unspecified atom stereocenters. The lowest BCUT2D eigenvalue weighted by atomic mass is 9.86. The van der Waals surface area contributed by atoms with Crippen LogP contribution in [0.3, 0.4) is 0 Å². The number of rotatable bonds is 2. The number of carbonyl (C=O) groups is 2. The smallest absolute Gasteiger partial charge is 0.335 e. The number of halogens is 1. The molecule has 21 heavy (non-hydrogen) atoms. The molecule has 0 fully saturated rings. The zero-order valence-corrected chi connectivity index (χ0v) is 12.3. The van der Waals surface area contributed by atoms with E-state index in [1.165, 1.54) is 4.90 Å². The first-order valence-electron chi connectivity index (χ1n) is 6.70. The molecular weight excluding hydrogens is 292 g/mol. The third kappa shape index (κ3) is 1.84. The average molecular weight is 307 g/mol. The maximum absolute atomic E-state index is 12.0. The molecule has 1 aromatic carbocycles. The van der Waals surface area contributed by atoms with E-state index in [1.807, 2.05) is 24.3 Å². The van der Waals surface area contributed by atoms with Crippen LogP contribution in [0.5, 0.6) is 0 Å². The van der Waals surface area contributed by atoms with E-state index in [0.717, 1.165) is 16.5 Å². The number of carboxylic acids is 1. The van der Waals surface area contributed by atoms with E-state index in [1.54, 1.807) is 6.92 Å². The van der Waals surface area contributed by atoms with Crippen molar-refractivity contribution in [2.45, 2.75) is 18.9 Å². The van der Waals surface area contributed by atoms with Crippen molar-refractivity contribution >= 4 is 34.4 Å². The fraction of sp³-hybridized carbons (Fsp3) is 0.333. The van der Waals surface area contributed by atoms with Gasteiger partial charge in [0.05, 0.1) is 5.69 Å². The number of hydrogen-bond donors (Lipinski definition) is 2. The van der Waals surface area contributed by atoms with Crippen molar-refractivity contribution in [2.75, 3.05) is 12.4 Å². The highest BCUT2D eigenvalue weighted by molar-refractivity contribution is 6.27. The summed E-state index contributed by atoms with van der Waals surface area (Å²) in [6.45, 7) is 1.90. The molecule has 0 saturated heterocycles. The molecule has 1 atom stereocenters. The van der Waals surface area contributed by atoms with Gasteiger partial charge in [-0.3, -0.25) is 4.79 Å². The minimum Gasteiger partial charge on any atom is -0.479 e. The SMILES string of the molecule is C[C@@]1(C(=O)O)c2[nH]c3ccccc3c2CCN1C(=O)CCl. The molecule has 3 rings (SSSR count). The Morgan fingerprint density at radius 3 is 2.81 bits per heavy atom. The molecule has 0 radical (unpaired) electrons. The first-order valence-corrected chi connectivity index (χ1v) is 7.23. The van der Waals surface area contributed by atoms with Crippen LogP contribution in [0.2, 0.25) is 0 Å². The number of carboxylic acid groups (broad SMARTS) is 1. The topological polar surface area (TPSA) is 73.4 Å². The molecule has 0 aliphatic carbocycles. The number of hydrogen-bond acceptors (Lipinski definition) is 2. The monoisotopic (exact) mass is 306 g/mol. The summed E-state index contributed by atoms with van der Waals surface area (Å²) in [6, 6.07) is 7.69. The van der Waals surface area contributed by atoms with Crippen LogP contribution < -0.4 is 0 Å². The summed E-state index contributed by atoms with van der Waals surface area (Å²) in [5.74, 6) is -1.65. The van der Waals surface area contributed by atoms with Gasteiger partial charge in [-0.2, -0.15) is 0 Å². The predicted octanol–water partition coefficient (Wildman–Crippen LogP) is 2.09. The van der Waals surface area contributed by atoms with E-state index in [0.29, 0.717) is 18.7 Å². The molecule has 0 bridgehead atoms. The van der Waals surface area contributed by atoms with E-state index in [4.69, 9.17) is 11.6 Å². The van der Waals surface area contributed by atoms with E-state index >= 15 is 0 Å². The first kappa shape index (κ1) is 13.9. The summed E-state index contributed by atoms with van der Waals surface area (Å²) in [7, 11) is 0. The standard InChI is InChI=1S/C15H15ClN2O3/c1-15(14(20)21)13-10(6-7-18(15)12(19)8-16)9-4-2-3-5-11(9)17-13/h2-5,17H,6-8H2,1H3,(H,20,21)/t15-/m0/s1. The Bertz CT molecular complexity index is 740. The van der Waals surface area contributed by atoms with Crippen molar-refractivity contribution < 1.29 is 14.7 Å². The van der Waals surface area contributed by atoms with Gasteiger partial charge in [0.25, 0.3) is 0 Å². The van der Waals surface area contributed by atoms with Crippen LogP contribution in [-0.4, -0.2) is 39.3 Å². The highest BCUT2D eigenvalue weighted by atomic mass is 35.5. The Morgan fingerprint density at radius 1 is 1.43 bits per heavy atom. The number of amides is 1. The van der Waals surface area contributed by atoms with Crippen LogP contribution in [0.4, 0.5) is 0 Å². The molecule has 1 amide bonds. The molecule has 0 saturated carbocycles. The molecule has 2 aromatic rings. The zero-order chi connectivity index (χ0) is 15.2. The number of para-hydroxylation sites is 1. The van der Waals surface area contributed by atoms with E-state index in [9.17, 15) is 14.7 Å². The van der Waals surface area contributed by atoms with Crippen LogP contribution in [0.25, 0.3) is 10.9 Å². The number of benzene rings is 1. The minimum absolute atomic E-state index is 0.224. The van der Waals surface area contributed by atoms with Crippen molar-refractivity contribution in [1.29, 1.82) is 0 Å². The van der Waals surface area contributed by atoms with Crippen LogP contribution >= 0.6 is 11.6 Å². The van der Waals surface area contributed by atoms with Crippen LogP contribution in [-0.2, 0) is 21.5 Å². The number of carbonyl (C=O) groups excluding carboxylic acids is 1. The molecule has 2 heterocycles. The zero-order valence-electron chi connectivity index (χ0n) is 11.5. The summed E-state index contributed by atoms with van der Waals surface area (Å²) in [4.78, 5) is 28.4. The van der Waals surface area contributed by atoms with Crippen LogP contribution in [0.15, 0.2) is 24.3 Å². The summed E-state index contributed by atoms with van der Waals surface area (Å²) in [5, 5.41) is 10.7. The summed E-state index contributed by atoms with van der Waals surface area (Å²) in [6.07, 6.45) is 0.616. The van der Waals surface area contributed by atoms with Crippen molar-refractivity contribution in [3.63, 3.8) is 0 Å². The maximum Gasteiger partial charge on any atom is 0.335 e. The molecule has 5 nitrogen and oxygen atoms in total. The van der Waals surface area contributed by atoms with Gasteiger partial charge in [-0.15, -0.1) is 11.6 Å². The van der Waals surface area contributed by atoms with Crippen molar-refractivity contribution in [1.82, 2.24) is 9.88 Å². The van der Waals surface area contributed by atoms with E-state index in [-0.39, 0.29) is 11.8 Å². The maximum atomic E-state index is 12.0. The molecule has 110 valence electrons. The Balaban J connectivity index is 2.25. The van der Waals surface area contributed by atoms with Gasteiger partial charge in [-0.25, -0.2) is 4.79 Å². The lowest BCUT2D eigenvalue weighted by molar-refractivity contribution is -0.159. The Hall–Kier alpha value is -2.01. The van der Waals surface area contributed by atoms with Crippen LogP contribution in [0, 0.1) is 0 Å². The molecule has 6 heteroatoms. The number of alkyl halides is 1. The molecule has 0 spiro atoms. The lowest BCUT2D eigenvalue weighted by Gasteiger charge is -2.41. The molecule has 1 aromatic heterocycles. The normalized spacial score (nSPS) is 21.3. The second-order valence-electron chi connectivity index (χ2n) is 5.33. The fourth-order valence-corrected chi connectivity index (χ4v) is 3.27. The molecule has 1 aliphatic rings. The second-order valence-corrected chi connectivity index (χ2v) is 5.60. The Labute approximate surface area is 126 Å². The summed E-state index contributed by atoms with van der Waals surface area (Å²) in [5.41, 5.74) is 1.00. The van der Waals surface area contributed by atoms with Gasteiger partial charge in [0.1, 0.15) is 5.88 Å². The summed E-state index contributed by atoms with van der Waals surface area (Å²) >= 11 is 5.63. The molecule has 1 aliphatic heterocycles. The second kappa shape index (κ2) is 4.77. The van der Waals surface area contributed by atoms with Crippen molar-refractivity contribution in [3.05, 3.63) is 35.5 Å². The fourth-order valence-electron chi connectivity index (χ4n) is 3.13. The van der Waals surface area contributed by atoms with E-state index < -0.39 is 11.5 Å². The number of aromatic nitrogens is 1. The third-order valence-electron chi connectivity index (χ3n) is 4.26. The van der Waals surface area contributed by atoms with Gasteiger partial charge in [0.2, 0.25) is 5.91 Å². The quantitative estimate of drug-likeness (QED) is 0.834. The number of aromatic amines is 1. The third-order valence-corrected chi connectivity index (χ3v) is 4.49. The summed E-state index contributed by atoms with van der Waals surface area (Å²) < 4.78 is 0. The Kier molecular flexibility index (Phi) is 3.17. The van der Waals surface area contributed by atoms with Gasteiger partial charge in [-0.1, -0.05) is 18.2 Å². The molecular formula is C15H15ClN2O3. The van der Waals surface area contributed by atoms with Gasteiger partial charge in [0.15, 0.2) is 5.54 Å². The molecule has 2 N–H and O–H groups in total. The highest BCUT2D eigenvalue weighted by Gasteiger charge is 2.48. The highest BCUT2D eigenvalue weighted by Crippen LogP contribution is 2.39. The lowest BCUT2D eigenvalue weighted by Crippen LogP contribution is -2.56. The van der Waals surface area contributed by atoms with Gasteiger partial charge in [-0.05, 0) is 25.0 Å². The number of nitrogens with zero attached hydrogens (tertiary/aromatic N) is 1. The number of aliphatic carboxylic acids is 1. The van der Waals surface area contributed by atoms with Gasteiger partial charge < -0.3 is 15.0 Å². The largest absolute Gasteiger partial charge is 0.479 e. The van der Waals surface area contributed by atoms with Gasteiger partial charge >= 0.3 is 5.97 Å². The number of H-pyrrole nitrogens is 1.